The minimum Gasteiger partial charge on any atom is -0.399 e. The normalized spacial score (nSPS) is 14.8. The molecule has 0 spiro atoms. The van der Waals surface area contributed by atoms with Crippen molar-refractivity contribution in [3.8, 4) is 0 Å². The van der Waals surface area contributed by atoms with Crippen molar-refractivity contribution in [1.29, 1.82) is 0 Å². The number of nitrogen functional groups attached to an aromatic ring is 1. The zero-order valence-electron chi connectivity index (χ0n) is 15.8. The number of aromatic nitrogens is 2. The van der Waals surface area contributed by atoms with Gasteiger partial charge >= 0.3 is 0 Å². The highest BCUT2D eigenvalue weighted by Gasteiger charge is 2.49. The van der Waals surface area contributed by atoms with Gasteiger partial charge in [0.05, 0.1) is 13.1 Å². The molecule has 2 amide bonds. The van der Waals surface area contributed by atoms with Gasteiger partial charge in [-0.25, -0.2) is 8.78 Å². The quantitative estimate of drug-likeness (QED) is 0.486. The van der Waals surface area contributed by atoms with Crippen LogP contribution in [0.15, 0.2) is 46.9 Å². The first-order valence-electron chi connectivity index (χ1n) is 9.02. The molecule has 11 heteroatoms. The van der Waals surface area contributed by atoms with Crippen molar-refractivity contribution in [2.75, 3.05) is 18.8 Å². The second kappa shape index (κ2) is 7.73. The van der Waals surface area contributed by atoms with Crippen LogP contribution in [0.1, 0.15) is 26.4 Å². The Morgan fingerprint density at radius 2 is 1.71 bits per heavy atom. The number of amides is 2. The topological polar surface area (TPSA) is 104 Å². The van der Waals surface area contributed by atoms with E-state index in [1.54, 1.807) is 24.3 Å². The van der Waals surface area contributed by atoms with Crippen molar-refractivity contribution >= 4 is 33.4 Å². The maximum absolute atomic E-state index is 14.2. The van der Waals surface area contributed by atoms with Crippen LogP contribution in [0.5, 0.6) is 0 Å². The number of carbonyl (C=O) groups is 2. The lowest BCUT2D eigenvalue weighted by Crippen LogP contribution is -2.69. The molecule has 1 aromatic heterocycles. The van der Waals surface area contributed by atoms with Crippen LogP contribution in [0.25, 0.3) is 0 Å². The lowest BCUT2D eigenvalue weighted by atomic mass is 9.81. The van der Waals surface area contributed by atoms with Gasteiger partial charge in [0.2, 0.25) is 5.95 Å². The first-order valence-corrected chi connectivity index (χ1v) is 9.81. The number of carbonyl (C=O) groups excluding carboxylic acids is 2. The van der Waals surface area contributed by atoms with Crippen LogP contribution in [-0.4, -0.2) is 40.0 Å². The SMILES string of the molecule is Nc1cc(F)c(C(=O)N2CC(NC(=O)c3cc(F)[nH]n3)(c3ccc(Br)cc3)C2)c(F)c1. The molecule has 4 rings (SSSR count). The van der Waals surface area contributed by atoms with Gasteiger partial charge in [-0.05, 0) is 29.8 Å². The zero-order valence-corrected chi connectivity index (χ0v) is 17.3. The van der Waals surface area contributed by atoms with Gasteiger partial charge in [-0.3, -0.25) is 14.7 Å². The summed E-state index contributed by atoms with van der Waals surface area (Å²) in [4.78, 5) is 26.5. The number of nitrogens with zero attached hydrogens (tertiary/aromatic N) is 2. The van der Waals surface area contributed by atoms with Crippen LogP contribution in [0, 0.1) is 17.6 Å². The molecule has 1 fully saturated rings. The predicted molar refractivity (Wildman–Crippen MR) is 109 cm³/mol. The number of aromatic amines is 1. The van der Waals surface area contributed by atoms with Gasteiger partial charge < -0.3 is 16.0 Å². The average Bonchev–Trinajstić information content (AvgIpc) is 3.10. The summed E-state index contributed by atoms with van der Waals surface area (Å²) in [6, 6.07) is 9.65. The lowest BCUT2D eigenvalue weighted by Gasteiger charge is -2.50. The highest BCUT2D eigenvalue weighted by molar-refractivity contribution is 9.10. The van der Waals surface area contributed by atoms with E-state index in [0.717, 1.165) is 22.7 Å². The Bertz CT molecular complexity index is 1150. The Kier molecular flexibility index (Phi) is 5.21. The third kappa shape index (κ3) is 3.88. The predicted octanol–water partition coefficient (Wildman–Crippen LogP) is 2.95. The Balaban J connectivity index is 1.62. The molecule has 2 aromatic carbocycles. The van der Waals surface area contributed by atoms with E-state index in [2.05, 4.69) is 26.3 Å². The van der Waals surface area contributed by atoms with Crippen molar-refractivity contribution in [1.82, 2.24) is 20.4 Å². The molecule has 0 unspecified atom stereocenters. The molecule has 0 saturated carbocycles. The molecule has 0 aliphatic carbocycles. The van der Waals surface area contributed by atoms with Crippen molar-refractivity contribution in [2.24, 2.45) is 0 Å². The van der Waals surface area contributed by atoms with Gasteiger partial charge in [-0.15, -0.1) is 0 Å². The maximum Gasteiger partial charge on any atom is 0.272 e. The van der Waals surface area contributed by atoms with Crippen LogP contribution in [0.2, 0.25) is 0 Å². The highest BCUT2D eigenvalue weighted by atomic mass is 79.9. The molecule has 2 heterocycles. The van der Waals surface area contributed by atoms with Gasteiger partial charge in [0.15, 0.2) is 5.69 Å². The Hall–Kier alpha value is -3.34. The van der Waals surface area contributed by atoms with Crippen LogP contribution >= 0.6 is 15.9 Å². The average molecular weight is 494 g/mol. The molecule has 31 heavy (non-hydrogen) atoms. The summed E-state index contributed by atoms with van der Waals surface area (Å²) in [6.07, 6.45) is 0. The van der Waals surface area contributed by atoms with Crippen molar-refractivity contribution in [3.63, 3.8) is 0 Å². The van der Waals surface area contributed by atoms with E-state index in [1.807, 2.05) is 5.10 Å². The van der Waals surface area contributed by atoms with Gasteiger partial charge in [0.25, 0.3) is 11.8 Å². The van der Waals surface area contributed by atoms with Crippen LogP contribution in [0.3, 0.4) is 0 Å². The number of nitrogens with one attached hydrogen (secondary N) is 2. The third-order valence-electron chi connectivity index (χ3n) is 5.02. The van der Waals surface area contributed by atoms with Crippen molar-refractivity contribution < 1.29 is 22.8 Å². The molecule has 3 aromatic rings. The molecular formula is C20H15BrF3N5O2. The standard InChI is InChI=1S/C20H15BrF3N5O2/c21-11-3-1-10(2-4-11)20(26-18(30)15-7-16(24)28-27-15)8-29(9-20)19(31)17-13(22)5-12(25)6-14(17)23/h1-7H,8-9,25H2,(H,26,30)(H,27,28). The number of rotatable bonds is 4. The lowest BCUT2D eigenvalue weighted by molar-refractivity contribution is 0.0253. The van der Waals surface area contributed by atoms with Gasteiger partial charge in [-0.2, -0.15) is 9.49 Å². The molecule has 4 N–H and O–H groups in total. The number of hydrogen-bond donors (Lipinski definition) is 3. The number of halogens is 4. The number of anilines is 1. The summed E-state index contributed by atoms with van der Waals surface area (Å²) < 4.78 is 42.4. The summed E-state index contributed by atoms with van der Waals surface area (Å²) >= 11 is 3.33. The van der Waals surface area contributed by atoms with E-state index in [4.69, 9.17) is 5.73 Å². The van der Waals surface area contributed by atoms with Gasteiger partial charge in [-0.1, -0.05) is 28.1 Å². The molecular weight excluding hydrogens is 479 g/mol. The fourth-order valence-corrected chi connectivity index (χ4v) is 3.77. The number of hydrogen-bond acceptors (Lipinski definition) is 4. The number of likely N-dealkylation sites (tertiary alicyclic amines) is 1. The summed E-state index contributed by atoms with van der Waals surface area (Å²) in [5.41, 5.74) is 3.97. The van der Waals surface area contributed by atoms with Gasteiger partial charge in [0.1, 0.15) is 22.7 Å². The molecule has 1 aliphatic heterocycles. The smallest absolute Gasteiger partial charge is 0.272 e. The van der Waals surface area contributed by atoms with Crippen LogP contribution in [0.4, 0.5) is 18.9 Å². The molecule has 0 atom stereocenters. The maximum atomic E-state index is 14.2. The number of benzene rings is 2. The highest BCUT2D eigenvalue weighted by Crippen LogP contribution is 2.35. The first-order chi connectivity index (χ1) is 14.7. The summed E-state index contributed by atoms with van der Waals surface area (Å²) in [5.74, 6) is -4.45. The molecule has 1 aliphatic rings. The summed E-state index contributed by atoms with van der Waals surface area (Å²) in [7, 11) is 0. The van der Waals surface area contributed by atoms with Crippen molar-refractivity contribution in [3.05, 3.63) is 81.3 Å². The van der Waals surface area contributed by atoms with E-state index >= 15 is 0 Å². The first kappa shape index (κ1) is 20.9. The fourth-order valence-electron chi connectivity index (χ4n) is 3.50. The molecule has 160 valence electrons. The Labute approximate surface area is 182 Å². The number of nitrogens with two attached hydrogens (primary N) is 1. The van der Waals surface area contributed by atoms with E-state index in [-0.39, 0.29) is 24.5 Å². The Morgan fingerprint density at radius 1 is 1.10 bits per heavy atom. The summed E-state index contributed by atoms with van der Waals surface area (Å²) in [6.45, 7) is -0.120. The van der Waals surface area contributed by atoms with Gasteiger partial charge in [0, 0.05) is 16.2 Å². The minimum absolute atomic E-state index is 0.0602. The van der Waals surface area contributed by atoms with Crippen LogP contribution in [-0.2, 0) is 5.54 Å². The molecule has 7 nitrogen and oxygen atoms in total. The Morgan fingerprint density at radius 3 is 2.26 bits per heavy atom. The van der Waals surface area contributed by atoms with E-state index in [9.17, 15) is 22.8 Å². The largest absolute Gasteiger partial charge is 0.399 e. The van der Waals surface area contributed by atoms with E-state index in [0.29, 0.717) is 5.56 Å². The molecule has 1 saturated heterocycles. The molecule has 0 radical (unpaired) electrons. The van der Waals surface area contributed by atoms with E-state index < -0.39 is 40.5 Å². The number of H-pyrrole nitrogens is 1. The summed E-state index contributed by atoms with van der Waals surface area (Å²) in [5, 5.41) is 8.40. The second-order valence-corrected chi connectivity index (χ2v) is 8.08. The van der Waals surface area contributed by atoms with Crippen LogP contribution < -0.4 is 11.1 Å². The monoisotopic (exact) mass is 493 g/mol. The van der Waals surface area contributed by atoms with Crippen molar-refractivity contribution in [2.45, 2.75) is 5.54 Å². The minimum atomic E-state index is -1.07. The molecule has 0 bridgehead atoms. The third-order valence-corrected chi connectivity index (χ3v) is 5.54. The second-order valence-electron chi connectivity index (χ2n) is 7.17. The fraction of sp³-hybridized carbons (Fsp3) is 0.150. The zero-order chi connectivity index (χ0) is 22.3. The van der Waals surface area contributed by atoms with E-state index in [1.165, 1.54) is 4.90 Å².